The Kier molecular flexibility index (Phi) is 2.59. The summed E-state index contributed by atoms with van der Waals surface area (Å²) in [5, 5.41) is 4.02. The maximum Gasteiger partial charge on any atom is 0.230 e. The molecule has 19 heavy (non-hydrogen) atoms. The zero-order chi connectivity index (χ0) is 13.4. The number of anilines is 1. The topological polar surface area (TPSA) is 69.9 Å². The Morgan fingerprint density at radius 2 is 1.95 bits per heavy atom. The van der Waals surface area contributed by atoms with Crippen LogP contribution in [0.25, 0.3) is 22.5 Å². The first kappa shape index (κ1) is 11.5. The van der Waals surface area contributed by atoms with Gasteiger partial charge < -0.3 is 14.8 Å². The van der Waals surface area contributed by atoms with Crippen LogP contribution < -0.4 is 5.73 Å². The lowest BCUT2D eigenvalue weighted by molar-refractivity contribution is 0.439. The minimum absolute atomic E-state index is 0.310. The number of aromatic nitrogens is 3. The van der Waals surface area contributed by atoms with Crippen molar-refractivity contribution in [3.05, 3.63) is 42.4 Å². The molecular weight excluding hydrogens is 240 g/mol. The molecule has 1 aromatic carbocycles. The molecule has 0 saturated heterocycles. The van der Waals surface area contributed by atoms with Crippen LogP contribution in [0.3, 0.4) is 0 Å². The van der Waals surface area contributed by atoms with Crippen molar-refractivity contribution in [3.63, 3.8) is 0 Å². The normalized spacial score (nSPS) is 10.8. The highest BCUT2D eigenvalue weighted by molar-refractivity contribution is 5.85. The van der Waals surface area contributed by atoms with Gasteiger partial charge in [-0.25, -0.2) is 4.98 Å². The van der Waals surface area contributed by atoms with Crippen LogP contribution in [0.5, 0.6) is 0 Å². The maximum atomic E-state index is 5.89. The van der Waals surface area contributed by atoms with Gasteiger partial charge in [-0.1, -0.05) is 35.0 Å². The largest absolute Gasteiger partial charge is 0.367 e. The van der Waals surface area contributed by atoms with Crippen molar-refractivity contribution < 1.29 is 4.52 Å². The van der Waals surface area contributed by atoms with Crippen molar-refractivity contribution in [2.45, 2.75) is 6.92 Å². The van der Waals surface area contributed by atoms with Gasteiger partial charge in [-0.15, -0.1) is 0 Å². The van der Waals surface area contributed by atoms with Crippen LogP contribution in [0, 0.1) is 6.92 Å². The molecule has 0 aliphatic carbocycles. The molecule has 2 N–H and O–H groups in total. The summed E-state index contributed by atoms with van der Waals surface area (Å²) >= 11 is 0. The Hall–Kier alpha value is -2.56. The molecule has 2 heterocycles. The molecule has 96 valence electrons. The third-order valence-electron chi connectivity index (χ3n) is 3.01. The van der Waals surface area contributed by atoms with E-state index >= 15 is 0 Å². The summed E-state index contributed by atoms with van der Waals surface area (Å²) < 4.78 is 6.98. The van der Waals surface area contributed by atoms with E-state index in [1.54, 1.807) is 6.33 Å². The Balaban J connectivity index is 2.16. The first-order valence-electron chi connectivity index (χ1n) is 5.95. The third-order valence-corrected chi connectivity index (χ3v) is 3.01. The van der Waals surface area contributed by atoms with E-state index in [1.165, 1.54) is 5.56 Å². The summed E-state index contributed by atoms with van der Waals surface area (Å²) in [5.74, 6) is 0.310. The van der Waals surface area contributed by atoms with Gasteiger partial charge in [-0.3, -0.25) is 0 Å². The van der Waals surface area contributed by atoms with Crippen LogP contribution in [0.1, 0.15) is 5.56 Å². The first-order chi connectivity index (χ1) is 9.15. The van der Waals surface area contributed by atoms with Gasteiger partial charge in [-0.2, -0.15) is 0 Å². The van der Waals surface area contributed by atoms with E-state index in [0.717, 1.165) is 16.8 Å². The summed E-state index contributed by atoms with van der Waals surface area (Å²) in [7, 11) is 1.91. The van der Waals surface area contributed by atoms with Gasteiger partial charge >= 0.3 is 0 Å². The second kappa shape index (κ2) is 4.28. The number of nitrogens with two attached hydrogens (primary N) is 1. The lowest BCUT2D eigenvalue weighted by Gasteiger charge is -2.01. The number of benzene rings is 1. The monoisotopic (exact) mass is 254 g/mol. The van der Waals surface area contributed by atoms with E-state index in [4.69, 9.17) is 10.3 Å². The molecule has 0 fully saturated rings. The van der Waals surface area contributed by atoms with Crippen LogP contribution in [0.2, 0.25) is 0 Å². The smallest absolute Gasteiger partial charge is 0.230 e. The maximum absolute atomic E-state index is 5.89. The van der Waals surface area contributed by atoms with E-state index in [0.29, 0.717) is 11.6 Å². The van der Waals surface area contributed by atoms with Crippen molar-refractivity contribution in [1.29, 1.82) is 0 Å². The molecule has 2 aromatic heterocycles. The fourth-order valence-corrected chi connectivity index (χ4v) is 2.01. The molecule has 0 radical (unpaired) electrons. The van der Waals surface area contributed by atoms with E-state index in [9.17, 15) is 0 Å². The highest BCUT2D eigenvalue weighted by Gasteiger charge is 2.18. The molecular formula is C14H14N4O. The highest BCUT2D eigenvalue weighted by atomic mass is 16.5. The lowest BCUT2D eigenvalue weighted by atomic mass is 10.0. The third kappa shape index (κ3) is 1.99. The summed E-state index contributed by atoms with van der Waals surface area (Å²) in [6, 6.07) is 8.07. The summed E-state index contributed by atoms with van der Waals surface area (Å²) in [6.07, 6.45) is 3.61. The van der Waals surface area contributed by atoms with Crippen LogP contribution in [-0.4, -0.2) is 14.7 Å². The van der Waals surface area contributed by atoms with Crippen LogP contribution in [0.15, 0.2) is 41.3 Å². The van der Waals surface area contributed by atoms with Gasteiger partial charge in [0, 0.05) is 13.2 Å². The Labute approximate surface area is 110 Å². The molecule has 0 amide bonds. The van der Waals surface area contributed by atoms with Gasteiger partial charge in [0.15, 0.2) is 0 Å². The van der Waals surface area contributed by atoms with Crippen LogP contribution in [-0.2, 0) is 7.05 Å². The second-order valence-corrected chi connectivity index (χ2v) is 4.56. The van der Waals surface area contributed by atoms with Gasteiger partial charge in [0.2, 0.25) is 5.88 Å². The van der Waals surface area contributed by atoms with E-state index in [1.807, 2.05) is 49.0 Å². The molecule has 0 aliphatic heterocycles. The summed E-state index contributed by atoms with van der Waals surface area (Å²) in [4.78, 5) is 4.29. The van der Waals surface area contributed by atoms with E-state index in [-0.39, 0.29) is 0 Å². The van der Waals surface area contributed by atoms with Gasteiger partial charge in [0.1, 0.15) is 11.4 Å². The first-order valence-corrected chi connectivity index (χ1v) is 5.95. The zero-order valence-corrected chi connectivity index (χ0v) is 10.8. The van der Waals surface area contributed by atoms with Crippen LogP contribution in [0.4, 0.5) is 5.88 Å². The van der Waals surface area contributed by atoms with Crippen molar-refractivity contribution in [3.8, 4) is 22.5 Å². The molecule has 0 unspecified atom stereocenters. The van der Waals surface area contributed by atoms with Gasteiger partial charge in [0.25, 0.3) is 0 Å². The van der Waals surface area contributed by atoms with E-state index in [2.05, 4.69) is 10.1 Å². The zero-order valence-electron chi connectivity index (χ0n) is 10.8. The number of hydrogen-bond acceptors (Lipinski definition) is 4. The summed E-state index contributed by atoms with van der Waals surface area (Å²) in [6.45, 7) is 2.04. The number of nitrogen functional groups attached to an aromatic ring is 1. The fourth-order valence-electron chi connectivity index (χ4n) is 2.01. The molecule has 0 saturated carbocycles. The molecule has 0 atom stereocenters. The van der Waals surface area contributed by atoms with Crippen molar-refractivity contribution >= 4 is 5.88 Å². The van der Waals surface area contributed by atoms with Crippen molar-refractivity contribution in [2.24, 2.45) is 7.05 Å². The molecule has 3 aromatic rings. The standard InChI is InChI=1S/C14H14N4O/c1-9-3-5-10(6-4-9)12-13(17-19-14(12)15)11-7-18(2)8-16-11/h3-8H,15H2,1-2H3. The minimum Gasteiger partial charge on any atom is -0.367 e. The summed E-state index contributed by atoms with van der Waals surface area (Å²) in [5.41, 5.74) is 10.3. The molecule has 5 heteroatoms. The quantitative estimate of drug-likeness (QED) is 0.763. The van der Waals surface area contributed by atoms with Crippen LogP contribution >= 0.6 is 0 Å². The Morgan fingerprint density at radius 1 is 1.21 bits per heavy atom. The van der Waals surface area contributed by atoms with Crippen molar-refractivity contribution in [2.75, 3.05) is 5.73 Å². The van der Waals surface area contributed by atoms with Gasteiger partial charge in [0.05, 0.1) is 11.9 Å². The number of nitrogens with zero attached hydrogens (tertiary/aromatic N) is 3. The Bertz CT molecular complexity index is 709. The fraction of sp³-hybridized carbons (Fsp3) is 0.143. The molecule has 5 nitrogen and oxygen atoms in total. The minimum atomic E-state index is 0.310. The van der Waals surface area contributed by atoms with Gasteiger partial charge in [-0.05, 0) is 12.5 Å². The number of rotatable bonds is 2. The SMILES string of the molecule is Cc1ccc(-c2c(-c3cn(C)cn3)noc2N)cc1. The second-order valence-electron chi connectivity index (χ2n) is 4.56. The molecule has 0 aliphatic rings. The van der Waals surface area contributed by atoms with E-state index < -0.39 is 0 Å². The van der Waals surface area contributed by atoms with Crippen molar-refractivity contribution in [1.82, 2.24) is 14.7 Å². The Morgan fingerprint density at radius 3 is 2.58 bits per heavy atom. The predicted octanol–water partition coefficient (Wildman–Crippen LogP) is 2.63. The average molecular weight is 254 g/mol. The molecule has 0 spiro atoms. The highest BCUT2D eigenvalue weighted by Crippen LogP contribution is 2.35. The number of hydrogen-bond donors (Lipinski definition) is 1. The lowest BCUT2D eigenvalue weighted by Crippen LogP contribution is -1.88. The molecule has 0 bridgehead atoms. The number of aryl methyl sites for hydroxylation is 2. The average Bonchev–Trinajstić information content (AvgIpc) is 2.97. The molecule has 3 rings (SSSR count). The number of imidazole rings is 1. The predicted molar refractivity (Wildman–Crippen MR) is 73.3 cm³/mol.